The Kier molecular flexibility index (Phi) is 17.9. The summed E-state index contributed by atoms with van der Waals surface area (Å²) in [5, 5.41) is 15.0. The normalized spacial score (nSPS) is 10.9. The van der Waals surface area contributed by atoms with E-state index in [1.165, 1.54) is 89.9 Å². The van der Waals surface area contributed by atoms with Gasteiger partial charge in [-0.3, -0.25) is 9.59 Å². The molecule has 2 aromatic rings. The van der Waals surface area contributed by atoms with Crippen LogP contribution in [0.4, 0.5) is 5.69 Å². The second kappa shape index (κ2) is 21.4. The van der Waals surface area contributed by atoms with Crippen LogP contribution in [0.5, 0.6) is 5.75 Å². The molecule has 2 aromatic carbocycles. The van der Waals surface area contributed by atoms with Crippen LogP contribution in [-0.4, -0.2) is 23.5 Å². The minimum atomic E-state index is -0.307. The summed E-state index contributed by atoms with van der Waals surface area (Å²) in [7, 11) is 0. The number of hydrogen-bond donors (Lipinski definition) is 3. The van der Waals surface area contributed by atoms with Crippen molar-refractivity contribution >= 4 is 29.3 Å². The Morgan fingerprint density at radius 3 is 1.54 bits per heavy atom. The van der Waals surface area contributed by atoms with Crippen LogP contribution in [0.15, 0.2) is 58.3 Å². The number of nitrogens with one attached hydrogen (secondary N) is 2. The molecule has 0 aromatic heterocycles. The van der Waals surface area contributed by atoms with E-state index >= 15 is 0 Å². The van der Waals surface area contributed by atoms with Gasteiger partial charge in [0.15, 0.2) is 0 Å². The van der Waals surface area contributed by atoms with E-state index in [0.717, 1.165) is 22.6 Å². The average Bonchev–Trinajstić information content (AvgIpc) is 2.92. The molecule has 0 saturated heterocycles. The summed E-state index contributed by atoms with van der Waals surface area (Å²) in [4.78, 5) is 26.3. The zero-order valence-electron chi connectivity index (χ0n) is 24.0. The molecule has 0 aliphatic carbocycles. The Bertz CT molecular complexity index is 916. The zero-order chi connectivity index (χ0) is 28.0. The fraction of sp³-hybridized carbons (Fsp3) is 0.576. The van der Waals surface area contributed by atoms with Gasteiger partial charge < -0.3 is 15.7 Å². The molecule has 0 fully saturated rings. The topological polar surface area (TPSA) is 78.4 Å². The predicted molar refractivity (Wildman–Crippen MR) is 164 cm³/mol. The molecule has 5 nitrogen and oxygen atoms in total. The Balaban J connectivity index is 1.40. The summed E-state index contributed by atoms with van der Waals surface area (Å²) in [5.41, 5.74) is 0.667. The summed E-state index contributed by atoms with van der Waals surface area (Å²) < 4.78 is 0. The van der Waals surface area contributed by atoms with Crippen LogP contribution in [0, 0.1) is 0 Å². The molecule has 0 saturated carbocycles. The van der Waals surface area contributed by atoms with Crippen molar-refractivity contribution in [2.45, 2.75) is 126 Å². The first-order chi connectivity index (χ1) is 19.1. The number of anilines is 1. The van der Waals surface area contributed by atoms with Gasteiger partial charge in [0.05, 0.1) is 0 Å². The Hall–Kier alpha value is -2.47. The molecular formula is C33H50N2O3S. The van der Waals surface area contributed by atoms with Gasteiger partial charge in [-0.2, -0.15) is 0 Å². The molecule has 0 radical (unpaired) electrons. The maximum atomic E-state index is 12.2. The molecule has 0 unspecified atom stereocenters. The quantitative estimate of drug-likeness (QED) is 0.100. The second-order valence-electron chi connectivity index (χ2n) is 10.5. The molecule has 39 heavy (non-hydrogen) atoms. The van der Waals surface area contributed by atoms with Crippen molar-refractivity contribution in [2.75, 3.05) is 11.9 Å². The highest BCUT2D eigenvalue weighted by atomic mass is 32.2. The lowest BCUT2D eigenvalue weighted by atomic mass is 10.0. The lowest BCUT2D eigenvalue weighted by Gasteiger charge is -2.08. The molecule has 0 spiro atoms. The summed E-state index contributed by atoms with van der Waals surface area (Å²) >= 11 is 1.57. The third-order valence-electron chi connectivity index (χ3n) is 6.88. The SMILES string of the molecule is CCCCCCCCCCCCCCCCCCNC(=O)CC(=O)Nc1ccc(Sc2ccc(O)cc2)cc1. The first kappa shape index (κ1) is 32.7. The monoisotopic (exact) mass is 554 g/mol. The summed E-state index contributed by atoms with van der Waals surface area (Å²) in [6, 6.07) is 14.5. The molecule has 2 amide bonds. The van der Waals surface area contributed by atoms with Crippen molar-refractivity contribution < 1.29 is 14.7 Å². The maximum absolute atomic E-state index is 12.2. The van der Waals surface area contributed by atoms with Crippen LogP contribution in [0.2, 0.25) is 0 Å². The van der Waals surface area contributed by atoms with E-state index in [2.05, 4.69) is 17.6 Å². The van der Waals surface area contributed by atoms with Crippen molar-refractivity contribution in [3.05, 3.63) is 48.5 Å². The number of rotatable bonds is 22. The van der Waals surface area contributed by atoms with Crippen LogP contribution in [-0.2, 0) is 9.59 Å². The van der Waals surface area contributed by atoms with Crippen molar-refractivity contribution in [3.63, 3.8) is 0 Å². The molecule has 0 bridgehead atoms. The fourth-order valence-electron chi connectivity index (χ4n) is 4.57. The molecule has 6 heteroatoms. The van der Waals surface area contributed by atoms with Crippen LogP contribution in [0.3, 0.4) is 0 Å². The number of amides is 2. The van der Waals surface area contributed by atoms with E-state index in [1.807, 2.05) is 36.4 Å². The summed E-state index contributed by atoms with van der Waals surface area (Å²) in [5.74, 6) is -0.294. The Morgan fingerprint density at radius 2 is 1.05 bits per heavy atom. The molecule has 0 aliphatic heterocycles. The van der Waals surface area contributed by atoms with Gasteiger partial charge >= 0.3 is 0 Å². The Labute approximate surface area is 240 Å². The van der Waals surface area contributed by atoms with Crippen molar-refractivity contribution in [1.82, 2.24) is 5.32 Å². The van der Waals surface area contributed by atoms with E-state index < -0.39 is 0 Å². The summed E-state index contributed by atoms with van der Waals surface area (Å²) in [6.07, 6.45) is 21.1. The number of phenolic OH excluding ortho intramolecular Hbond substituents is 1. The number of carbonyl (C=O) groups excluding carboxylic acids is 2. The van der Waals surface area contributed by atoms with Crippen molar-refractivity contribution in [1.29, 1.82) is 0 Å². The molecular weight excluding hydrogens is 504 g/mol. The molecule has 2 rings (SSSR count). The maximum Gasteiger partial charge on any atom is 0.233 e. The van der Waals surface area contributed by atoms with Crippen LogP contribution in [0.25, 0.3) is 0 Å². The lowest BCUT2D eigenvalue weighted by Crippen LogP contribution is -2.28. The highest BCUT2D eigenvalue weighted by Gasteiger charge is 2.09. The standard InChI is InChI=1S/C33H50N2O3S/c1-2-3-4-5-6-7-8-9-10-11-12-13-14-15-16-17-26-34-32(37)27-33(38)35-28-18-22-30(23-19-28)39-31-24-20-29(36)21-25-31/h18-25,36H,2-17,26-27H2,1H3,(H,34,37)(H,35,38). The van der Waals surface area contributed by atoms with Crippen LogP contribution >= 0.6 is 11.8 Å². The van der Waals surface area contributed by atoms with Gasteiger partial charge in [-0.1, -0.05) is 115 Å². The van der Waals surface area contributed by atoms with Gasteiger partial charge in [0, 0.05) is 22.0 Å². The molecule has 0 aliphatic rings. The van der Waals surface area contributed by atoms with Gasteiger partial charge in [-0.15, -0.1) is 0 Å². The average molecular weight is 555 g/mol. The van der Waals surface area contributed by atoms with E-state index in [4.69, 9.17) is 0 Å². The zero-order valence-corrected chi connectivity index (χ0v) is 24.8. The first-order valence-electron chi connectivity index (χ1n) is 15.2. The van der Waals surface area contributed by atoms with Gasteiger partial charge in [0.2, 0.25) is 11.8 Å². The van der Waals surface area contributed by atoms with Crippen LogP contribution < -0.4 is 10.6 Å². The third kappa shape index (κ3) is 17.0. The van der Waals surface area contributed by atoms with Crippen LogP contribution in [0.1, 0.15) is 116 Å². The summed E-state index contributed by atoms with van der Waals surface area (Å²) in [6.45, 7) is 2.91. The number of aromatic hydroxyl groups is 1. The van der Waals surface area contributed by atoms with Gasteiger partial charge in [0.1, 0.15) is 12.2 Å². The first-order valence-corrected chi connectivity index (χ1v) is 16.0. The number of benzene rings is 2. The lowest BCUT2D eigenvalue weighted by molar-refractivity contribution is -0.126. The fourth-order valence-corrected chi connectivity index (χ4v) is 5.39. The van der Waals surface area contributed by atoms with Gasteiger partial charge in [-0.25, -0.2) is 0 Å². The Morgan fingerprint density at radius 1 is 0.615 bits per heavy atom. The van der Waals surface area contributed by atoms with Gasteiger partial charge in [0.25, 0.3) is 0 Å². The number of phenols is 1. The number of carbonyl (C=O) groups is 2. The number of unbranched alkanes of at least 4 members (excludes halogenated alkanes) is 15. The molecule has 0 heterocycles. The third-order valence-corrected chi connectivity index (χ3v) is 7.90. The smallest absolute Gasteiger partial charge is 0.233 e. The van der Waals surface area contributed by atoms with Crippen molar-refractivity contribution in [2.24, 2.45) is 0 Å². The van der Waals surface area contributed by atoms with E-state index in [1.54, 1.807) is 23.9 Å². The largest absolute Gasteiger partial charge is 0.508 e. The highest BCUT2D eigenvalue weighted by molar-refractivity contribution is 7.99. The van der Waals surface area contributed by atoms with E-state index in [9.17, 15) is 14.7 Å². The number of hydrogen-bond acceptors (Lipinski definition) is 4. The highest BCUT2D eigenvalue weighted by Crippen LogP contribution is 2.29. The minimum Gasteiger partial charge on any atom is -0.508 e. The molecule has 3 N–H and O–H groups in total. The minimum absolute atomic E-state index is 0.164. The van der Waals surface area contributed by atoms with E-state index in [-0.39, 0.29) is 24.0 Å². The van der Waals surface area contributed by atoms with Crippen molar-refractivity contribution in [3.8, 4) is 5.75 Å². The second-order valence-corrected chi connectivity index (χ2v) is 11.6. The predicted octanol–water partition coefficient (Wildman–Crippen LogP) is 9.25. The molecule has 216 valence electrons. The van der Waals surface area contributed by atoms with Gasteiger partial charge in [-0.05, 0) is 55.0 Å². The molecule has 0 atom stereocenters. The van der Waals surface area contributed by atoms with E-state index in [0.29, 0.717) is 12.2 Å².